The van der Waals surface area contributed by atoms with Gasteiger partial charge in [0.25, 0.3) is 0 Å². The van der Waals surface area contributed by atoms with Gasteiger partial charge in [0.05, 0.1) is 11.4 Å². The molecule has 5 rings (SSSR count). The Morgan fingerprint density at radius 1 is 0.675 bits per heavy atom. The third-order valence-corrected chi connectivity index (χ3v) is 5.20. The van der Waals surface area contributed by atoms with E-state index in [-0.39, 0.29) is 25.5 Å². The van der Waals surface area contributed by atoms with Gasteiger partial charge in [-0.3, -0.25) is 9.97 Å². The van der Waals surface area contributed by atoms with Crippen molar-refractivity contribution in [2.45, 2.75) is 41.0 Å². The third kappa shape index (κ3) is 12.3. The molecular weight excluding hydrogens is 671 g/mol. The van der Waals surface area contributed by atoms with Crippen LogP contribution in [0.2, 0.25) is 0 Å². The Labute approximate surface area is 252 Å². The molecule has 5 nitrogen and oxygen atoms in total. The van der Waals surface area contributed by atoms with Crippen LogP contribution in [0, 0.1) is 25.3 Å². The summed E-state index contributed by atoms with van der Waals surface area (Å²) in [6.07, 6.45) is 11.0. The first-order valence-electron chi connectivity index (χ1n) is 12.9. The van der Waals surface area contributed by atoms with Gasteiger partial charge in [0, 0.05) is 44.9 Å². The molecule has 1 radical (unpaired) electrons. The van der Waals surface area contributed by atoms with Gasteiger partial charge in [-0.2, -0.15) is 6.21 Å². The van der Waals surface area contributed by atoms with E-state index in [0.29, 0.717) is 0 Å². The molecule has 0 N–H and O–H groups in total. The molecule has 4 aromatic heterocycles. The Hall–Kier alpha value is -3.86. The predicted octanol–water partition coefficient (Wildman–Crippen LogP) is 8.40. The average molecular weight is 706 g/mol. The zero-order valence-corrected chi connectivity index (χ0v) is 26.1. The van der Waals surface area contributed by atoms with Crippen molar-refractivity contribution in [3.63, 3.8) is 0 Å². The maximum Gasteiger partial charge on any atom is 0.0886 e. The van der Waals surface area contributed by atoms with Gasteiger partial charge in [0.1, 0.15) is 0 Å². The molecule has 0 aliphatic carbocycles. The first-order valence-corrected chi connectivity index (χ1v) is 12.9. The van der Waals surface area contributed by atoms with E-state index in [9.17, 15) is 0 Å². The Bertz CT molecular complexity index is 1300. The van der Waals surface area contributed by atoms with Crippen LogP contribution in [0.5, 0.6) is 0 Å². The molecular formula is C34H35IrN5-2. The van der Waals surface area contributed by atoms with Crippen molar-refractivity contribution in [1.82, 2.24) is 19.9 Å². The molecule has 40 heavy (non-hydrogen) atoms. The zero-order valence-electron chi connectivity index (χ0n) is 23.7. The van der Waals surface area contributed by atoms with E-state index in [1.54, 1.807) is 18.6 Å². The largest absolute Gasteiger partial charge is 0.440 e. The summed E-state index contributed by atoms with van der Waals surface area (Å²) in [5.41, 5.74) is 6.50. The summed E-state index contributed by atoms with van der Waals surface area (Å²) in [6.45, 7) is 10.6. The molecule has 0 bridgehead atoms. The smallest absolute Gasteiger partial charge is 0.0886 e. The average Bonchev–Trinajstić information content (AvgIpc) is 2.95. The fourth-order valence-electron chi connectivity index (χ4n) is 3.10. The van der Waals surface area contributed by atoms with Gasteiger partial charge < -0.3 is 15.0 Å². The van der Waals surface area contributed by atoms with Crippen LogP contribution in [0.3, 0.4) is 0 Å². The fraction of sp³-hybridized carbons (Fsp3) is 0.206. The van der Waals surface area contributed by atoms with E-state index in [4.69, 9.17) is 0 Å². The van der Waals surface area contributed by atoms with Gasteiger partial charge in [0.2, 0.25) is 0 Å². The second-order valence-electron chi connectivity index (χ2n) is 10.1. The van der Waals surface area contributed by atoms with Gasteiger partial charge in [-0.15, -0.1) is 41.5 Å². The van der Waals surface area contributed by atoms with Gasteiger partial charge in [-0.05, 0) is 59.7 Å². The van der Waals surface area contributed by atoms with E-state index in [2.05, 4.69) is 71.0 Å². The Morgan fingerprint density at radius 2 is 1.27 bits per heavy atom. The van der Waals surface area contributed by atoms with E-state index < -0.39 is 0 Å². The fourth-order valence-corrected chi connectivity index (χ4v) is 3.10. The van der Waals surface area contributed by atoms with Crippen LogP contribution in [0.25, 0.3) is 22.6 Å². The zero-order chi connectivity index (χ0) is 27.9. The number of pyridine rings is 4. The van der Waals surface area contributed by atoms with Crippen molar-refractivity contribution >= 4 is 12.0 Å². The number of aliphatic imine (C=N–C) groups is 1. The maximum absolute atomic E-state index is 4.29. The summed E-state index contributed by atoms with van der Waals surface area (Å²) in [5, 5.41) is 0. The minimum Gasteiger partial charge on any atom is -0.440 e. The molecule has 4 heterocycles. The van der Waals surface area contributed by atoms with E-state index in [1.807, 2.05) is 92.0 Å². The molecule has 0 atom stereocenters. The quantitative estimate of drug-likeness (QED) is 0.139. The number of benzene rings is 1. The number of aryl methyl sites for hydroxylation is 2. The molecule has 0 spiro atoms. The van der Waals surface area contributed by atoms with Crippen molar-refractivity contribution in [2.24, 2.45) is 10.4 Å². The summed E-state index contributed by atoms with van der Waals surface area (Å²) in [7, 11) is 0. The van der Waals surface area contributed by atoms with E-state index >= 15 is 0 Å². The van der Waals surface area contributed by atoms with Crippen LogP contribution in [-0.4, -0.2) is 26.2 Å². The molecule has 1 aromatic carbocycles. The number of nitrogens with zero attached hydrogens (tertiary/aromatic N) is 5. The van der Waals surface area contributed by atoms with Crippen molar-refractivity contribution in [2.75, 3.05) is 0 Å². The summed E-state index contributed by atoms with van der Waals surface area (Å²) >= 11 is 0. The normalized spacial score (nSPS) is 10.4. The summed E-state index contributed by atoms with van der Waals surface area (Å²) in [5.74, 6) is 0.728. The first-order chi connectivity index (χ1) is 18.8. The Kier molecular flexibility index (Phi) is 13.7. The Morgan fingerprint density at radius 3 is 1.77 bits per heavy atom. The molecule has 0 fully saturated rings. The van der Waals surface area contributed by atoms with Gasteiger partial charge in [0.15, 0.2) is 0 Å². The standard InChI is InChI=1S/C12H10N.C11H10N2.C11H15N2.Ir/c1-10-5-7-11(8-6-10)12-4-2-3-9-13-12;1-9-5-6-11(13-8-9)10-4-2-3-7-12-10;1-11(2,3)7-9-13-10-6-4-5-8-12-10;/h2-7,9H,1H3;2-8H,1H3;4-6,8H,7H2,1-3H3;/q-1;;-1;. The minimum atomic E-state index is 0. The maximum atomic E-state index is 4.29. The third-order valence-electron chi connectivity index (χ3n) is 5.20. The van der Waals surface area contributed by atoms with Crippen molar-refractivity contribution < 1.29 is 20.1 Å². The van der Waals surface area contributed by atoms with Crippen LogP contribution >= 0.6 is 0 Å². The predicted molar refractivity (Wildman–Crippen MR) is 161 cm³/mol. The molecule has 0 amide bonds. The molecule has 0 unspecified atom stereocenters. The van der Waals surface area contributed by atoms with Crippen LogP contribution < -0.4 is 0 Å². The van der Waals surface area contributed by atoms with E-state index in [1.165, 1.54) is 11.1 Å². The van der Waals surface area contributed by atoms with Crippen LogP contribution in [0.1, 0.15) is 38.3 Å². The first kappa shape index (κ1) is 32.4. The molecule has 5 aromatic rings. The molecule has 0 aliphatic heterocycles. The number of hydrogen-bond donors (Lipinski definition) is 0. The van der Waals surface area contributed by atoms with Crippen LogP contribution in [0.4, 0.5) is 5.82 Å². The molecule has 0 saturated carbocycles. The van der Waals surface area contributed by atoms with Crippen LogP contribution in [-0.2, 0) is 20.1 Å². The van der Waals surface area contributed by atoms with Gasteiger partial charge in [-0.1, -0.05) is 64.4 Å². The topological polar surface area (TPSA) is 63.9 Å². The summed E-state index contributed by atoms with van der Waals surface area (Å²) < 4.78 is 0. The SMILES string of the molecule is CC(C)(C)C[C-]=Nc1ccccn1.Cc1c[c-]c(-c2ccccn2)cc1.Cc1ccc(-c2ccccn2)nc1.[Ir]. The number of aromatic nitrogens is 4. The second-order valence-corrected chi connectivity index (χ2v) is 10.1. The molecule has 0 aliphatic rings. The van der Waals surface area contributed by atoms with Crippen molar-refractivity contribution in [1.29, 1.82) is 0 Å². The van der Waals surface area contributed by atoms with E-state index in [0.717, 1.165) is 34.9 Å². The van der Waals surface area contributed by atoms with Gasteiger partial charge in [-0.25, -0.2) is 0 Å². The minimum absolute atomic E-state index is 0. The van der Waals surface area contributed by atoms with Crippen molar-refractivity contribution in [3.05, 3.63) is 127 Å². The summed E-state index contributed by atoms with van der Waals surface area (Å²) in [4.78, 5) is 20.9. The summed E-state index contributed by atoms with van der Waals surface area (Å²) in [6, 6.07) is 30.7. The second kappa shape index (κ2) is 17.0. The Balaban J connectivity index is 0.000000208. The van der Waals surface area contributed by atoms with Crippen molar-refractivity contribution in [3.8, 4) is 22.6 Å². The molecule has 6 heteroatoms. The monoisotopic (exact) mass is 706 g/mol. The van der Waals surface area contributed by atoms with Gasteiger partial charge >= 0.3 is 0 Å². The van der Waals surface area contributed by atoms with Crippen LogP contribution in [0.15, 0.2) is 115 Å². The molecule has 207 valence electrons. The number of rotatable bonds is 4. The number of hydrogen-bond acceptors (Lipinski definition) is 5. The molecule has 0 saturated heterocycles.